The Morgan fingerprint density at radius 1 is 1.03 bits per heavy atom. The second-order valence-corrected chi connectivity index (χ2v) is 8.69. The molecule has 2 N–H and O–H groups in total. The third-order valence-corrected chi connectivity index (χ3v) is 5.92. The van der Waals surface area contributed by atoms with Crippen LogP contribution < -0.4 is 10.9 Å². The Balaban J connectivity index is 1.77. The van der Waals surface area contributed by atoms with Gasteiger partial charge in [0.25, 0.3) is 5.56 Å². The lowest BCUT2D eigenvalue weighted by Crippen LogP contribution is -2.43. The molecule has 164 valence electrons. The topological polar surface area (TPSA) is 51.4 Å². The molecule has 0 aliphatic heterocycles. The summed E-state index contributed by atoms with van der Waals surface area (Å²) in [6, 6.07) is 16.5. The molecule has 0 bridgehead atoms. The van der Waals surface area contributed by atoms with Crippen LogP contribution in [0, 0.1) is 13.8 Å². The molecule has 0 unspecified atom stereocenters. The van der Waals surface area contributed by atoms with Crippen molar-refractivity contribution in [1.82, 2.24) is 20.1 Å². The van der Waals surface area contributed by atoms with Gasteiger partial charge in [0.2, 0.25) is 0 Å². The molecule has 1 heterocycles. The lowest BCUT2D eigenvalue weighted by Gasteiger charge is -2.27. The first-order valence-electron chi connectivity index (χ1n) is 10.7. The van der Waals surface area contributed by atoms with Gasteiger partial charge in [-0.25, -0.2) is 0 Å². The predicted octanol–water partition coefficient (Wildman–Crippen LogP) is 3.63. The maximum Gasteiger partial charge on any atom is 0.253 e. The summed E-state index contributed by atoms with van der Waals surface area (Å²) in [7, 11) is 4.08. The molecule has 0 aliphatic rings. The molecule has 0 amide bonds. The number of pyridine rings is 1. The Bertz CT molecular complexity index is 1090. The summed E-state index contributed by atoms with van der Waals surface area (Å²) < 4.78 is 0. The van der Waals surface area contributed by atoms with Crippen LogP contribution in [0.25, 0.3) is 10.9 Å². The number of aromatic amines is 1. The maximum atomic E-state index is 12.8. The van der Waals surface area contributed by atoms with Gasteiger partial charge in [0.1, 0.15) is 0 Å². The highest BCUT2D eigenvalue weighted by Gasteiger charge is 2.14. The Kier molecular flexibility index (Phi) is 7.82. The van der Waals surface area contributed by atoms with E-state index in [1.54, 1.807) is 0 Å². The number of aromatic nitrogens is 1. The quantitative estimate of drug-likeness (QED) is 0.528. The third kappa shape index (κ3) is 6.15. The van der Waals surface area contributed by atoms with Crippen LogP contribution in [0.2, 0.25) is 0 Å². The van der Waals surface area contributed by atoms with Crippen LogP contribution in [0.1, 0.15) is 22.3 Å². The first-order valence-corrected chi connectivity index (χ1v) is 11.1. The van der Waals surface area contributed by atoms with Crippen LogP contribution in [0.5, 0.6) is 0 Å². The highest BCUT2D eigenvalue weighted by atomic mass is 32.1. The van der Waals surface area contributed by atoms with Crippen LogP contribution in [0.15, 0.2) is 53.3 Å². The van der Waals surface area contributed by atoms with E-state index >= 15 is 0 Å². The Morgan fingerprint density at radius 3 is 2.45 bits per heavy atom. The van der Waals surface area contributed by atoms with E-state index in [0.717, 1.165) is 53.6 Å². The average Bonchev–Trinajstić information content (AvgIpc) is 2.75. The summed E-state index contributed by atoms with van der Waals surface area (Å²) >= 11 is 5.71. The number of hydrogen-bond acceptors (Lipinski definition) is 3. The van der Waals surface area contributed by atoms with Crippen LogP contribution in [0.4, 0.5) is 0 Å². The number of H-pyrrole nitrogens is 1. The number of likely N-dealkylation sites (N-methyl/N-ethyl adjacent to an activating group) is 1. The van der Waals surface area contributed by atoms with E-state index in [9.17, 15) is 4.79 Å². The summed E-state index contributed by atoms with van der Waals surface area (Å²) in [5.41, 5.74) is 5.09. The molecule has 0 radical (unpaired) electrons. The molecular formula is C25H32N4OS. The van der Waals surface area contributed by atoms with Crippen LogP contribution >= 0.6 is 12.2 Å². The summed E-state index contributed by atoms with van der Waals surface area (Å²) in [5, 5.41) is 5.15. The van der Waals surface area contributed by atoms with Gasteiger partial charge in [0, 0.05) is 30.6 Å². The number of thiocarbonyl (C=S) groups is 1. The van der Waals surface area contributed by atoms with Gasteiger partial charge in [0.05, 0.1) is 12.1 Å². The molecule has 5 nitrogen and oxygen atoms in total. The largest absolute Gasteiger partial charge is 0.362 e. The Hall–Kier alpha value is -2.70. The van der Waals surface area contributed by atoms with E-state index < -0.39 is 0 Å². The zero-order valence-electron chi connectivity index (χ0n) is 18.9. The van der Waals surface area contributed by atoms with Gasteiger partial charge in [0.15, 0.2) is 5.11 Å². The monoisotopic (exact) mass is 436 g/mol. The number of nitrogens with zero attached hydrogens (tertiary/aromatic N) is 2. The van der Waals surface area contributed by atoms with Gasteiger partial charge < -0.3 is 20.1 Å². The van der Waals surface area contributed by atoms with Gasteiger partial charge in [-0.15, -0.1) is 0 Å². The minimum absolute atomic E-state index is 0.0526. The SMILES string of the molecule is Cc1ccc(C)c2[nH]c(=O)c(CN(CCN(C)C)C(=S)NCCc3ccccc3)cc12. The first kappa shape index (κ1) is 23.0. The minimum Gasteiger partial charge on any atom is -0.362 e. The zero-order chi connectivity index (χ0) is 22.4. The highest BCUT2D eigenvalue weighted by molar-refractivity contribution is 7.80. The van der Waals surface area contributed by atoms with Crippen molar-refractivity contribution in [2.24, 2.45) is 0 Å². The summed E-state index contributed by atoms with van der Waals surface area (Å²) in [6.07, 6.45) is 0.900. The van der Waals surface area contributed by atoms with Gasteiger partial charge >= 0.3 is 0 Å². The van der Waals surface area contributed by atoms with Crippen LogP contribution in [-0.4, -0.2) is 53.6 Å². The molecule has 0 saturated heterocycles. The fourth-order valence-electron chi connectivity index (χ4n) is 3.58. The molecule has 6 heteroatoms. The Morgan fingerprint density at radius 2 is 1.74 bits per heavy atom. The molecular weight excluding hydrogens is 404 g/mol. The van der Waals surface area contributed by atoms with Crippen molar-refractivity contribution < 1.29 is 0 Å². The van der Waals surface area contributed by atoms with Crippen LogP contribution in [-0.2, 0) is 13.0 Å². The lowest BCUT2D eigenvalue weighted by molar-refractivity contribution is 0.322. The maximum absolute atomic E-state index is 12.8. The number of hydrogen-bond donors (Lipinski definition) is 2. The van der Waals surface area contributed by atoms with Crippen molar-refractivity contribution >= 4 is 28.2 Å². The van der Waals surface area contributed by atoms with Gasteiger partial charge in [-0.05, 0) is 69.3 Å². The number of fused-ring (bicyclic) bond motifs is 1. The molecule has 2 aromatic carbocycles. The summed E-state index contributed by atoms with van der Waals surface area (Å²) in [6.45, 7) is 6.92. The normalized spacial score (nSPS) is 11.1. The summed E-state index contributed by atoms with van der Waals surface area (Å²) in [5.74, 6) is 0. The summed E-state index contributed by atoms with van der Waals surface area (Å²) in [4.78, 5) is 20.1. The lowest BCUT2D eigenvalue weighted by atomic mass is 10.0. The number of benzene rings is 2. The van der Waals surface area contributed by atoms with E-state index in [-0.39, 0.29) is 5.56 Å². The molecule has 3 rings (SSSR count). The van der Waals surface area contributed by atoms with Gasteiger partial charge in [-0.3, -0.25) is 4.79 Å². The fraction of sp³-hybridized carbons (Fsp3) is 0.360. The second-order valence-electron chi connectivity index (χ2n) is 8.30. The molecule has 31 heavy (non-hydrogen) atoms. The molecule has 0 fully saturated rings. The number of nitrogens with one attached hydrogen (secondary N) is 2. The molecule has 0 saturated carbocycles. The Labute approximate surface area is 190 Å². The van der Waals surface area contributed by atoms with Gasteiger partial charge in [-0.1, -0.05) is 42.5 Å². The first-order chi connectivity index (χ1) is 14.8. The molecule has 0 atom stereocenters. The molecule has 1 aromatic heterocycles. The van der Waals surface area contributed by atoms with Crippen molar-refractivity contribution in [2.75, 3.05) is 33.7 Å². The highest BCUT2D eigenvalue weighted by Crippen LogP contribution is 2.20. The van der Waals surface area contributed by atoms with E-state index in [0.29, 0.717) is 11.7 Å². The van der Waals surface area contributed by atoms with E-state index in [2.05, 4.69) is 45.2 Å². The van der Waals surface area contributed by atoms with Crippen molar-refractivity contribution in [3.8, 4) is 0 Å². The smallest absolute Gasteiger partial charge is 0.253 e. The predicted molar refractivity (Wildman–Crippen MR) is 134 cm³/mol. The molecule has 0 spiro atoms. The van der Waals surface area contributed by atoms with Crippen molar-refractivity contribution in [3.63, 3.8) is 0 Å². The van der Waals surface area contributed by atoms with Crippen molar-refractivity contribution in [2.45, 2.75) is 26.8 Å². The van der Waals surface area contributed by atoms with Crippen molar-refractivity contribution in [1.29, 1.82) is 0 Å². The average molecular weight is 437 g/mol. The molecule has 0 aliphatic carbocycles. The van der Waals surface area contributed by atoms with E-state index in [1.165, 1.54) is 5.56 Å². The standard InChI is InChI=1S/C25H32N4OS/c1-18-10-11-19(2)23-22(18)16-21(24(30)27-23)17-29(15-14-28(3)4)25(31)26-13-12-20-8-6-5-7-9-20/h5-11,16H,12-15,17H2,1-4H3,(H,26,31)(H,27,30). The van der Waals surface area contributed by atoms with Gasteiger partial charge in [-0.2, -0.15) is 0 Å². The fourth-order valence-corrected chi connectivity index (χ4v) is 3.84. The van der Waals surface area contributed by atoms with E-state index in [4.69, 9.17) is 12.2 Å². The molecule has 3 aromatic rings. The second kappa shape index (κ2) is 10.6. The van der Waals surface area contributed by atoms with Crippen molar-refractivity contribution in [3.05, 3.63) is 81.1 Å². The number of rotatable bonds is 8. The third-order valence-electron chi connectivity index (χ3n) is 5.52. The van der Waals surface area contributed by atoms with Crippen LogP contribution in [0.3, 0.4) is 0 Å². The number of aryl methyl sites for hydroxylation is 2. The zero-order valence-corrected chi connectivity index (χ0v) is 19.7. The minimum atomic E-state index is -0.0526. The van der Waals surface area contributed by atoms with E-state index in [1.807, 2.05) is 51.4 Å².